The topological polar surface area (TPSA) is 55.8 Å². The second-order valence-corrected chi connectivity index (χ2v) is 3.84. The van der Waals surface area contributed by atoms with Gasteiger partial charge in [-0.25, -0.2) is 0 Å². The van der Waals surface area contributed by atoms with E-state index >= 15 is 0 Å². The van der Waals surface area contributed by atoms with E-state index in [0.717, 1.165) is 0 Å². The van der Waals surface area contributed by atoms with Crippen molar-refractivity contribution in [2.75, 3.05) is 0 Å². The van der Waals surface area contributed by atoms with Gasteiger partial charge in [0.05, 0.1) is 12.0 Å². The molecule has 0 spiro atoms. The third-order valence-corrected chi connectivity index (χ3v) is 3.27. The monoisotopic (exact) mass is 170 g/mol. The molecule has 0 saturated carbocycles. The Labute approximate surface area is 69.5 Å². The lowest BCUT2D eigenvalue weighted by Gasteiger charge is -2.21. The summed E-state index contributed by atoms with van der Waals surface area (Å²) in [6.45, 7) is 1.93. The summed E-state index contributed by atoms with van der Waals surface area (Å²) in [4.78, 5) is 11.2. The zero-order valence-corrected chi connectivity index (χ0v) is 6.64. The average Bonchev–Trinajstić information content (AvgIpc) is 2.56. The van der Waals surface area contributed by atoms with Crippen LogP contribution in [0.25, 0.3) is 0 Å². The smallest absolute Gasteiger partial charge is 0.312 e. The Morgan fingerprint density at radius 1 is 1.33 bits per heavy atom. The van der Waals surface area contributed by atoms with Gasteiger partial charge in [-0.2, -0.15) is 0 Å². The predicted molar refractivity (Wildman–Crippen MR) is 37.2 cm³/mol. The first-order valence-corrected chi connectivity index (χ1v) is 4.24. The van der Waals surface area contributed by atoms with Crippen molar-refractivity contribution in [3.05, 3.63) is 0 Å². The van der Waals surface area contributed by atoms with E-state index in [1.807, 2.05) is 6.92 Å². The largest absolute Gasteiger partial charge is 0.456 e. The van der Waals surface area contributed by atoms with Crippen LogP contribution < -0.4 is 0 Å². The van der Waals surface area contributed by atoms with Crippen LogP contribution in [0.3, 0.4) is 0 Å². The van der Waals surface area contributed by atoms with Crippen LogP contribution in [0.5, 0.6) is 0 Å². The van der Waals surface area contributed by atoms with Gasteiger partial charge >= 0.3 is 5.97 Å². The third kappa shape index (κ3) is 0.528. The fourth-order valence-corrected chi connectivity index (χ4v) is 2.65. The predicted octanol–water partition coefficient (Wildman–Crippen LogP) is -0.694. The lowest BCUT2D eigenvalue weighted by molar-refractivity contribution is -0.145. The van der Waals surface area contributed by atoms with Gasteiger partial charge in [0, 0.05) is 5.92 Å². The van der Waals surface area contributed by atoms with E-state index in [2.05, 4.69) is 0 Å². The molecule has 4 nitrogen and oxygen atoms in total. The number of hydrogen-bond acceptors (Lipinski definition) is 4. The Balaban J connectivity index is 2.06. The fourth-order valence-electron chi connectivity index (χ4n) is 2.65. The summed E-state index contributed by atoms with van der Waals surface area (Å²) in [6, 6.07) is 0. The van der Waals surface area contributed by atoms with Crippen molar-refractivity contribution >= 4 is 5.97 Å². The van der Waals surface area contributed by atoms with E-state index in [9.17, 15) is 9.90 Å². The van der Waals surface area contributed by atoms with Crippen molar-refractivity contribution in [1.82, 2.24) is 0 Å². The molecule has 0 amide bonds. The van der Waals surface area contributed by atoms with Crippen molar-refractivity contribution < 1.29 is 19.4 Å². The van der Waals surface area contributed by atoms with Crippen molar-refractivity contribution in [1.29, 1.82) is 0 Å². The molecular weight excluding hydrogens is 160 g/mol. The molecule has 2 bridgehead atoms. The number of carbonyl (C=O) groups excluding carboxylic acids is 1. The third-order valence-electron chi connectivity index (χ3n) is 3.27. The van der Waals surface area contributed by atoms with Crippen LogP contribution in [0.1, 0.15) is 6.92 Å². The van der Waals surface area contributed by atoms with E-state index in [1.54, 1.807) is 0 Å². The highest BCUT2D eigenvalue weighted by Gasteiger charge is 2.66. The summed E-state index contributed by atoms with van der Waals surface area (Å²) in [7, 11) is 0. The SMILES string of the molecule is CC1C2OC3C(OC(=O)C13)C2O. The molecule has 0 aromatic rings. The number of aliphatic hydroxyl groups excluding tert-OH is 1. The molecule has 3 fully saturated rings. The van der Waals surface area contributed by atoms with Gasteiger partial charge < -0.3 is 14.6 Å². The maximum absolute atomic E-state index is 11.2. The Kier molecular flexibility index (Phi) is 1.04. The van der Waals surface area contributed by atoms with Crippen molar-refractivity contribution in [2.24, 2.45) is 11.8 Å². The normalized spacial score (nSPS) is 61.0. The molecule has 1 N–H and O–H groups in total. The fraction of sp³-hybridized carbons (Fsp3) is 0.875. The highest BCUT2D eigenvalue weighted by Crippen LogP contribution is 2.49. The lowest BCUT2D eigenvalue weighted by atomic mass is 9.80. The molecule has 3 rings (SSSR count). The molecule has 3 saturated heterocycles. The molecule has 6 atom stereocenters. The number of hydrogen-bond donors (Lipinski definition) is 1. The minimum atomic E-state index is -0.604. The Bertz CT molecular complexity index is 251. The lowest BCUT2D eigenvalue weighted by Crippen LogP contribution is -2.40. The molecule has 6 unspecified atom stereocenters. The van der Waals surface area contributed by atoms with E-state index < -0.39 is 6.10 Å². The molecule has 3 aliphatic heterocycles. The van der Waals surface area contributed by atoms with Gasteiger partial charge in [0.1, 0.15) is 12.2 Å². The molecule has 0 aromatic heterocycles. The average molecular weight is 170 g/mol. The van der Waals surface area contributed by atoms with E-state index in [1.165, 1.54) is 0 Å². The number of ether oxygens (including phenoxy) is 2. The van der Waals surface area contributed by atoms with Crippen LogP contribution in [-0.2, 0) is 14.3 Å². The standard InChI is InChI=1S/C8H10O4/c1-2-3-6-7(12-8(3)10)4(9)5(2)11-6/h2-7,9H,1H3. The maximum Gasteiger partial charge on any atom is 0.312 e. The van der Waals surface area contributed by atoms with Crippen LogP contribution in [0, 0.1) is 11.8 Å². The van der Waals surface area contributed by atoms with Crippen molar-refractivity contribution in [2.45, 2.75) is 31.3 Å². The number of esters is 1. The number of rotatable bonds is 0. The number of fused-ring (bicyclic) bond motifs is 1. The van der Waals surface area contributed by atoms with Crippen LogP contribution in [-0.4, -0.2) is 35.5 Å². The van der Waals surface area contributed by atoms with Gasteiger partial charge in [-0.15, -0.1) is 0 Å². The van der Waals surface area contributed by atoms with E-state index in [0.29, 0.717) is 0 Å². The number of carbonyl (C=O) groups is 1. The minimum Gasteiger partial charge on any atom is -0.456 e. The second kappa shape index (κ2) is 1.83. The summed E-state index contributed by atoms with van der Waals surface area (Å²) >= 11 is 0. The first-order valence-electron chi connectivity index (χ1n) is 4.24. The summed E-state index contributed by atoms with van der Waals surface area (Å²) in [6.07, 6.45) is -1.35. The summed E-state index contributed by atoms with van der Waals surface area (Å²) in [5.74, 6) is -0.212. The quantitative estimate of drug-likeness (QED) is 0.489. The second-order valence-electron chi connectivity index (χ2n) is 3.84. The van der Waals surface area contributed by atoms with Gasteiger partial charge in [0.25, 0.3) is 0 Å². The van der Waals surface area contributed by atoms with Crippen LogP contribution in [0.15, 0.2) is 0 Å². The zero-order chi connectivity index (χ0) is 8.46. The minimum absolute atomic E-state index is 0.108. The molecule has 0 radical (unpaired) electrons. The highest BCUT2D eigenvalue weighted by molar-refractivity contribution is 5.77. The van der Waals surface area contributed by atoms with Crippen molar-refractivity contribution in [3.63, 3.8) is 0 Å². The molecule has 3 heterocycles. The Hall–Kier alpha value is -0.610. The molecule has 66 valence electrons. The first kappa shape index (κ1) is 6.86. The molecule has 3 aliphatic rings. The van der Waals surface area contributed by atoms with Gasteiger partial charge in [-0.05, 0) is 0 Å². The molecule has 0 aromatic carbocycles. The van der Waals surface area contributed by atoms with E-state index in [-0.39, 0.29) is 36.1 Å². The van der Waals surface area contributed by atoms with Crippen LogP contribution in [0.4, 0.5) is 0 Å². The van der Waals surface area contributed by atoms with Crippen molar-refractivity contribution in [3.8, 4) is 0 Å². The first-order chi connectivity index (χ1) is 5.70. The van der Waals surface area contributed by atoms with Gasteiger partial charge in [-0.3, -0.25) is 4.79 Å². The summed E-state index contributed by atoms with van der Waals surface area (Å²) < 4.78 is 10.5. The summed E-state index contributed by atoms with van der Waals surface area (Å²) in [5, 5.41) is 9.59. The number of aliphatic hydroxyl groups is 1. The Morgan fingerprint density at radius 2 is 2.08 bits per heavy atom. The van der Waals surface area contributed by atoms with Gasteiger partial charge in [0.15, 0.2) is 6.10 Å². The summed E-state index contributed by atoms with van der Waals surface area (Å²) in [5.41, 5.74) is 0. The van der Waals surface area contributed by atoms with Crippen LogP contribution >= 0.6 is 0 Å². The molecule has 0 aliphatic carbocycles. The molecule has 12 heavy (non-hydrogen) atoms. The zero-order valence-electron chi connectivity index (χ0n) is 6.64. The molecule has 4 heteroatoms. The molecular formula is C8H10O4. The highest BCUT2D eigenvalue weighted by atomic mass is 16.6. The van der Waals surface area contributed by atoms with E-state index in [4.69, 9.17) is 9.47 Å². The van der Waals surface area contributed by atoms with Gasteiger partial charge in [0.2, 0.25) is 0 Å². The van der Waals surface area contributed by atoms with Gasteiger partial charge in [-0.1, -0.05) is 6.92 Å². The Morgan fingerprint density at radius 3 is 2.75 bits per heavy atom. The van der Waals surface area contributed by atoms with Crippen LogP contribution in [0.2, 0.25) is 0 Å². The maximum atomic E-state index is 11.2.